The maximum Gasteiger partial charge on any atom is 0.346 e. The molecule has 0 atom stereocenters. The maximum atomic E-state index is 10.7. The second kappa shape index (κ2) is 4.88. The van der Waals surface area contributed by atoms with Crippen LogP contribution in [0.15, 0.2) is 35.7 Å². The summed E-state index contributed by atoms with van der Waals surface area (Å²) in [6.45, 7) is 0. The average Bonchev–Trinajstić information content (AvgIpc) is 2.78. The Balaban J connectivity index is 2.22. The molecule has 0 spiro atoms. The molecule has 0 saturated carbocycles. The van der Waals surface area contributed by atoms with Gasteiger partial charge in [-0.15, -0.1) is 11.3 Å². The van der Waals surface area contributed by atoms with Crippen molar-refractivity contribution >= 4 is 17.3 Å². The van der Waals surface area contributed by atoms with E-state index >= 15 is 0 Å². The molecule has 0 aliphatic carbocycles. The maximum absolute atomic E-state index is 10.7. The number of carbonyl (C=O) groups is 1. The molecule has 0 aliphatic rings. The highest BCUT2D eigenvalue weighted by atomic mass is 32.1. The van der Waals surface area contributed by atoms with Crippen LogP contribution in [-0.2, 0) is 0 Å². The fourth-order valence-corrected chi connectivity index (χ4v) is 1.96. The van der Waals surface area contributed by atoms with Gasteiger partial charge in [0.1, 0.15) is 10.6 Å². The first kappa shape index (κ1) is 11.5. The van der Waals surface area contributed by atoms with Crippen LogP contribution in [0, 0.1) is 0 Å². The summed E-state index contributed by atoms with van der Waals surface area (Å²) in [6.07, 6.45) is 0. The van der Waals surface area contributed by atoms with Crippen LogP contribution in [0.1, 0.15) is 9.67 Å². The molecule has 17 heavy (non-hydrogen) atoms. The first-order valence-electron chi connectivity index (χ1n) is 4.83. The number of rotatable bonds is 4. The molecular formula is C12H10O4S. The summed E-state index contributed by atoms with van der Waals surface area (Å²) in [5, 5.41) is 10.4. The summed E-state index contributed by atoms with van der Waals surface area (Å²) in [5.41, 5.74) is 0. The molecule has 1 aromatic carbocycles. The standard InChI is InChI=1S/C12H10O4S/c1-15-9-4-2-3-5-10(9)16-8-6-11(12(13)14)17-7-8/h2-7H,1H3,(H,13,14). The number of aromatic carboxylic acids is 1. The predicted octanol–water partition coefficient (Wildman–Crippen LogP) is 3.25. The molecule has 5 heteroatoms. The molecule has 0 unspecified atom stereocenters. The van der Waals surface area contributed by atoms with E-state index in [4.69, 9.17) is 14.6 Å². The number of hydrogen-bond donors (Lipinski definition) is 1. The topological polar surface area (TPSA) is 55.8 Å². The molecule has 0 fully saturated rings. The zero-order chi connectivity index (χ0) is 12.3. The average molecular weight is 250 g/mol. The number of methoxy groups -OCH3 is 1. The van der Waals surface area contributed by atoms with Crippen molar-refractivity contribution in [2.45, 2.75) is 0 Å². The van der Waals surface area contributed by atoms with E-state index in [1.54, 1.807) is 24.6 Å². The monoisotopic (exact) mass is 250 g/mol. The van der Waals surface area contributed by atoms with Crippen molar-refractivity contribution < 1.29 is 19.4 Å². The lowest BCUT2D eigenvalue weighted by Gasteiger charge is -2.07. The highest BCUT2D eigenvalue weighted by Gasteiger charge is 2.10. The van der Waals surface area contributed by atoms with Gasteiger partial charge >= 0.3 is 5.97 Å². The van der Waals surface area contributed by atoms with Gasteiger partial charge in [-0.3, -0.25) is 0 Å². The molecule has 0 aliphatic heterocycles. The Kier molecular flexibility index (Phi) is 3.30. The van der Waals surface area contributed by atoms with E-state index in [-0.39, 0.29) is 4.88 Å². The van der Waals surface area contributed by atoms with E-state index in [1.165, 1.54) is 6.07 Å². The SMILES string of the molecule is COc1ccccc1Oc1csc(C(=O)O)c1. The quantitative estimate of drug-likeness (QED) is 0.905. The molecule has 4 nitrogen and oxygen atoms in total. The van der Waals surface area contributed by atoms with Crippen LogP contribution in [0.5, 0.6) is 17.2 Å². The Bertz CT molecular complexity index is 533. The van der Waals surface area contributed by atoms with Gasteiger partial charge in [-0.05, 0) is 12.1 Å². The molecule has 1 N–H and O–H groups in total. The molecule has 1 aromatic heterocycles. The van der Waals surface area contributed by atoms with Gasteiger partial charge < -0.3 is 14.6 Å². The van der Waals surface area contributed by atoms with Gasteiger partial charge in [0.05, 0.1) is 7.11 Å². The second-order valence-corrected chi connectivity index (χ2v) is 4.12. The smallest absolute Gasteiger partial charge is 0.346 e. The molecular weight excluding hydrogens is 240 g/mol. The van der Waals surface area contributed by atoms with E-state index in [9.17, 15) is 4.79 Å². The van der Waals surface area contributed by atoms with Gasteiger partial charge in [-0.25, -0.2) is 4.79 Å². The molecule has 1 heterocycles. The van der Waals surface area contributed by atoms with Crippen molar-refractivity contribution in [3.05, 3.63) is 40.6 Å². The Hall–Kier alpha value is -2.01. The minimum atomic E-state index is -0.954. The molecule has 0 amide bonds. The summed E-state index contributed by atoms with van der Waals surface area (Å²) < 4.78 is 10.7. The first-order valence-corrected chi connectivity index (χ1v) is 5.71. The Morgan fingerprint density at radius 3 is 2.59 bits per heavy atom. The minimum Gasteiger partial charge on any atom is -0.493 e. The summed E-state index contributed by atoms with van der Waals surface area (Å²) in [5.74, 6) is 0.710. The summed E-state index contributed by atoms with van der Waals surface area (Å²) in [6, 6.07) is 8.68. The van der Waals surface area contributed by atoms with Crippen molar-refractivity contribution in [3.8, 4) is 17.2 Å². The van der Waals surface area contributed by atoms with Crippen LogP contribution in [0.25, 0.3) is 0 Å². The number of hydrogen-bond acceptors (Lipinski definition) is 4. The predicted molar refractivity (Wildman–Crippen MR) is 64.3 cm³/mol. The largest absolute Gasteiger partial charge is 0.493 e. The fourth-order valence-electron chi connectivity index (χ4n) is 1.31. The third-order valence-corrected chi connectivity index (χ3v) is 2.98. The number of benzene rings is 1. The van der Waals surface area contributed by atoms with E-state index in [0.29, 0.717) is 17.2 Å². The Morgan fingerprint density at radius 1 is 1.29 bits per heavy atom. The Labute approximate surface area is 102 Å². The van der Waals surface area contributed by atoms with Crippen LogP contribution in [0.3, 0.4) is 0 Å². The van der Waals surface area contributed by atoms with Crippen molar-refractivity contribution in [2.24, 2.45) is 0 Å². The van der Waals surface area contributed by atoms with Gasteiger partial charge in [-0.2, -0.15) is 0 Å². The van der Waals surface area contributed by atoms with E-state index in [1.807, 2.05) is 12.1 Å². The van der Waals surface area contributed by atoms with Crippen LogP contribution in [0.2, 0.25) is 0 Å². The van der Waals surface area contributed by atoms with Crippen LogP contribution in [0.4, 0.5) is 0 Å². The molecule has 2 rings (SSSR count). The molecule has 0 radical (unpaired) electrons. The lowest BCUT2D eigenvalue weighted by atomic mass is 10.3. The number of thiophene rings is 1. The van der Waals surface area contributed by atoms with Crippen LogP contribution in [-0.4, -0.2) is 18.2 Å². The lowest BCUT2D eigenvalue weighted by Crippen LogP contribution is -1.91. The molecule has 0 saturated heterocycles. The van der Waals surface area contributed by atoms with Crippen molar-refractivity contribution in [3.63, 3.8) is 0 Å². The normalized spacial score (nSPS) is 9.94. The summed E-state index contributed by atoms with van der Waals surface area (Å²) in [7, 11) is 1.55. The second-order valence-electron chi connectivity index (χ2n) is 3.20. The number of ether oxygens (including phenoxy) is 2. The number of carboxylic acid groups (broad SMARTS) is 1. The lowest BCUT2D eigenvalue weighted by molar-refractivity contribution is 0.0702. The first-order chi connectivity index (χ1) is 8.20. The molecule has 88 valence electrons. The van der Waals surface area contributed by atoms with Crippen molar-refractivity contribution in [1.82, 2.24) is 0 Å². The van der Waals surface area contributed by atoms with E-state index in [0.717, 1.165) is 11.3 Å². The third-order valence-electron chi connectivity index (χ3n) is 2.08. The zero-order valence-corrected chi connectivity index (χ0v) is 9.86. The van der Waals surface area contributed by atoms with Gasteiger partial charge in [0.25, 0.3) is 0 Å². The fraction of sp³-hybridized carbons (Fsp3) is 0.0833. The highest BCUT2D eigenvalue weighted by Crippen LogP contribution is 2.33. The van der Waals surface area contributed by atoms with E-state index in [2.05, 4.69) is 0 Å². The van der Waals surface area contributed by atoms with Crippen molar-refractivity contribution in [2.75, 3.05) is 7.11 Å². The molecule has 2 aromatic rings. The van der Waals surface area contributed by atoms with Crippen LogP contribution < -0.4 is 9.47 Å². The summed E-state index contributed by atoms with van der Waals surface area (Å²) in [4.78, 5) is 11.0. The van der Waals surface area contributed by atoms with E-state index < -0.39 is 5.97 Å². The van der Waals surface area contributed by atoms with Gasteiger partial charge in [0, 0.05) is 11.4 Å². The van der Waals surface area contributed by atoms with Gasteiger partial charge in [0.2, 0.25) is 0 Å². The number of para-hydroxylation sites is 2. The van der Waals surface area contributed by atoms with Gasteiger partial charge in [0.15, 0.2) is 11.5 Å². The molecule has 0 bridgehead atoms. The number of carboxylic acids is 1. The minimum absolute atomic E-state index is 0.245. The zero-order valence-electron chi connectivity index (χ0n) is 9.04. The van der Waals surface area contributed by atoms with Crippen molar-refractivity contribution in [1.29, 1.82) is 0 Å². The Morgan fingerprint density at radius 2 is 2.00 bits per heavy atom. The van der Waals surface area contributed by atoms with Gasteiger partial charge in [-0.1, -0.05) is 12.1 Å². The summed E-state index contributed by atoms with van der Waals surface area (Å²) >= 11 is 1.12. The highest BCUT2D eigenvalue weighted by molar-refractivity contribution is 7.12. The van der Waals surface area contributed by atoms with Crippen LogP contribution >= 0.6 is 11.3 Å². The third kappa shape index (κ3) is 2.57.